The Morgan fingerprint density at radius 3 is 2.81 bits per heavy atom. The first-order chi connectivity index (χ1) is 10.2. The molecule has 2 aromatic rings. The summed E-state index contributed by atoms with van der Waals surface area (Å²) >= 11 is 6.42. The zero-order valence-corrected chi connectivity index (χ0v) is 13.1. The van der Waals surface area contributed by atoms with Crippen LogP contribution in [0, 0.1) is 0 Å². The molecular formula is C18H21ClN2. The summed E-state index contributed by atoms with van der Waals surface area (Å²) in [5.41, 5.74) is 10.6. The molecule has 1 unspecified atom stereocenters. The van der Waals surface area contributed by atoms with E-state index in [2.05, 4.69) is 54.3 Å². The van der Waals surface area contributed by atoms with E-state index in [1.807, 2.05) is 0 Å². The van der Waals surface area contributed by atoms with Crippen LogP contribution in [-0.2, 0) is 12.8 Å². The Hall–Kier alpha value is -1.51. The molecule has 1 atom stereocenters. The number of anilines is 2. The van der Waals surface area contributed by atoms with Crippen LogP contribution in [0.15, 0.2) is 42.5 Å². The van der Waals surface area contributed by atoms with Crippen LogP contribution in [0.5, 0.6) is 0 Å². The molecule has 1 heterocycles. The Labute approximate surface area is 131 Å². The molecule has 0 saturated carbocycles. The van der Waals surface area contributed by atoms with Crippen molar-refractivity contribution in [2.75, 3.05) is 11.4 Å². The minimum absolute atomic E-state index is 0.483. The fraction of sp³-hybridized carbons (Fsp3) is 0.333. The molecule has 2 nitrogen and oxygen atoms in total. The maximum absolute atomic E-state index is 6.42. The Morgan fingerprint density at radius 1 is 1.24 bits per heavy atom. The molecule has 0 bridgehead atoms. The summed E-state index contributed by atoms with van der Waals surface area (Å²) in [4.78, 5) is 2.40. The standard InChI is InChI=1S/C18H21ClN2/c1-13-6-7-15-4-2-3-5-18(15)21(13)16-9-8-14(10-11-20)17(19)12-16/h2-5,8-9,12-13H,6-7,10-11,20H2,1H3. The summed E-state index contributed by atoms with van der Waals surface area (Å²) in [6.07, 6.45) is 3.14. The molecule has 110 valence electrons. The van der Waals surface area contributed by atoms with Gasteiger partial charge in [0.15, 0.2) is 0 Å². The third-order valence-corrected chi connectivity index (χ3v) is 4.60. The first-order valence-electron chi connectivity index (χ1n) is 7.56. The van der Waals surface area contributed by atoms with E-state index in [-0.39, 0.29) is 0 Å². The molecule has 21 heavy (non-hydrogen) atoms. The Kier molecular flexibility index (Phi) is 4.18. The fourth-order valence-electron chi connectivity index (χ4n) is 3.13. The predicted molar refractivity (Wildman–Crippen MR) is 90.6 cm³/mol. The number of halogens is 1. The highest BCUT2D eigenvalue weighted by Gasteiger charge is 2.24. The van der Waals surface area contributed by atoms with Crippen LogP contribution >= 0.6 is 11.6 Å². The SMILES string of the molecule is CC1CCc2ccccc2N1c1ccc(CCN)c(Cl)c1. The summed E-state index contributed by atoms with van der Waals surface area (Å²) < 4.78 is 0. The summed E-state index contributed by atoms with van der Waals surface area (Å²) in [7, 11) is 0. The number of benzene rings is 2. The van der Waals surface area contributed by atoms with Gasteiger partial charge in [-0.15, -0.1) is 0 Å². The number of nitrogens with zero attached hydrogens (tertiary/aromatic N) is 1. The zero-order valence-electron chi connectivity index (χ0n) is 12.3. The van der Waals surface area contributed by atoms with Gasteiger partial charge in [-0.3, -0.25) is 0 Å². The largest absolute Gasteiger partial charge is 0.338 e. The van der Waals surface area contributed by atoms with Gasteiger partial charge in [0.1, 0.15) is 0 Å². The smallest absolute Gasteiger partial charge is 0.0459 e. The maximum Gasteiger partial charge on any atom is 0.0459 e. The van der Waals surface area contributed by atoms with E-state index < -0.39 is 0 Å². The van der Waals surface area contributed by atoms with Crippen LogP contribution in [0.2, 0.25) is 5.02 Å². The van der Waals surface area contributed by atoms with Crippen molar-refractivity contribution in [3.05, 3.63) is 58.6 Å². The number of aryl methyl sites for hydroxylation is 1. The minimum Gasteiger partial charge on any atom is -0.338 e. The van der Waals surface area contributed by atoms with E-state index in [9.17, 15) is 0 Å². The van der Waals surface area contributed by atoms with Crippen molar-refractivity contribution in [3.8, 4) is 0 Å². The summed E-state index contributed by atoms with van der Waals surface area (Å²) in [5, 5.41) is 0.813. The lowest BCUT2D eigenvalue weighted by Gasteiger charge is -2.37. The predicted octanol–water partition coefficient (Wildman–Crippen LogP) is 4.31. The monoisotopic (exact) mass is 300 g/mol. The summed E-state index contributed by atoms with van der Waals surface area (Å²) in [5.74, 6) is 0. The lowest BCUT2D eigenvalue weighted by molar-refractivity contribution is 0.618. The molecule has 1 aliphatic rings. The second-order valence-corrected chi connectivity index (χ2v) is 6.11. The molecule has 3 rings (SSSR count). The fourth-order valence-corrected chi connectivity index (χ4v) is 3.40. The van der Waals surface area contributed by atoms with Crippen molar-refractivity contribution in [1.29, 1.82) is 0 Å². The van der Waals surface area contributed by atoms with Gasteiger partial charge in [-0.2, -0.15) is 0 Å². The molecule has 2 aromatic carbocycles. The van der Waals surface area contributed by atoms with Crippen LogP contribution in [0.4, 0.5) is 11.4 Å². The van der Waals surface area contributed by atoms with E-state index in [1.165, 1.54) is 23.4 Å². The molecule has 1 aliphatic heterocycles. The molecular weight excluding hydrogens is 280 g/mol. The highest BCUT2D eigenvalue weighted by Crippen LogP contribution is 2.38. The molecule has 0 saturated heterocycles. The van der Waals surface area contributed by atoms with Crippen LogP contribution in [0.1, 0.15) is 24.5 Å². The van der Waals surface area contributed by atoms with Gasteiger partial charge in [0.25, 0.3) is 0 Å². The van der Waals surface area contributed by atoms with Gasteiger partial charge in [0.05, 0.1) is 0 Å². The lowest BCUT2D eigenvalue weighted by atomic mass is 9.95. The molecule has 0 fully saturated rings. The molecule has 0 spiro atoms. The number of rotatable bonds is 3. The van der Waals surface area contributed by atoms with Crippen molar-refractivity contribution >= 4 is 23.0 Å². The summed E-state index contributed by atoms with van der Waals surface area (Å²) in [6, 6.07) is 15.5. The lowest BCUT2D eigenvalue weighted by Crippen LogP contribution is -2.33. The molecule has 0 radical (unpaired) electrons. The van der Waals surface area contributed by atoms with Gasteiger partial charge >= 0.3 is 0 Å². The second kappa shape index (κ2) is 6.08. The Balaban J connectivity index is 2.01. The van der Waals surface area contributed by atoms with Gasteiger partial charge in [-0.05, 0) is 62.1 Å². The third-order valence-electron chi connectivity index (χ3n) is 4.25. The average molecular weight is 301 g/mol. The van der Waals surface area contributed by atoms with Gasteiger partial charge in [-0.1, -0.05) is 35.9 Å². The van der Waals surface area contributed by atoms with Crippen LogP contribution in [-0.4, -0.2) is 12.6 Å². The van der Waals surface area contributed by atoms with Crippen molar-refractivity contribution in [3.63, 3.8) is 0 Å². The Bertz CT molecular complexity index is 639. The molecule has 0 aromatic heterocycles. The number of hydrogen-bond donors (Lipinski definition) is 1. The van der Waals surface area contributed by atoms with E-state index >= 15 is 0 Å². The number of hydrogen-bond acceptors (Lipinski definition) is 2. The highest BCUT2D eigenvalue weighted by atomic mass is 35.5. The first-order valence-corrected chi connectivity index (χ1v) is 7.94. The number of fused-ring (bicyclic) bond motifs is 1. The number of para-hydroxylation sites is 1. The van der Waals surface area contributed by atoms with E-state index in [1.54, 1.807) is 0 Å². The van der Waals surface area contributed by atoms with E-state index in [0.717, 1.165) is 23.4 Å². The third kappa shape index (κ3) is 2.78. The Morgan fingerprint density at radius 2 is 2.05 bits per heavy atom. The van der Waals surface area contributed by atoms with Crippen molar-refractivity contribution in [2.45, 2.75) is 32.2 Å². The molecule has 3 heteroatoms. The molecule has 0 aliphatic carbocycles. The first kappa shape index (κ1) is 14.4. The number of nitrogens with two attached hydrogens (primary N) is 1. The maximum atomic E-state index is 6.42. The second-order valence-electron chi connectivity index (χ2n) is 5.70. The van der Waals surface area contributed by atoms with Crippen LogP contribution in [0.3, 0.4) is 0 Å². The van der Waals surface area contributed by atoms with Gasteiger partial charge in [0, 0.05) is 22.4 Å². The average Bonchev–Trinajstić information content (AvgIpc) is 2.49. The highest BCUT2D eigenvalue weighted by molar-refractivity contribution is 6.31. The van der Waals surface area contributed by atoms with Crippen molar-refractivity contribution < 1.29 is 0 Å². The normalized spacial score (nSPS) is 17.7. The molecule has 0 amide bonds. The topological polar surface area (TPSA) is 29.3 Å². The van der Waals surface area contributed by atoms with Crippen LogP contribution in [0.25, 0.3) is 0 Å². The quantitative estimate of drug-likeness (QED) is 0.915. The van der Waals surface area contributed by atoms with Gasteiger partial charge < -0.3 is 10.6 Å². The molecule has 2 N–H and O–H groups in total. The van der Waals surface area contributed by atoms with Crippen LogP contribution < -0.4 is 10.6 Å². The van der Waals surface area contributed by atoms with E-state index in [4.69, 9.17) is 17.3 Å². The zero-order chi connectivity index (χ0) is 14.8. The minimum atomic E-state index is 0.483. The van der Waals surface area contributed by atoms with Gasteiger partial charge in [0.2, 0.25) is 0 Å². The summed E-state index contributed by atoms with van der Waals surface area (Å²) in [6.45, 7) is 2.90. The van der Waals surface area contributed by atoms with Crippen molar-refractivity contribution in [2.24, 2.45) is 5.73 Å². The van der Waals surface area contributed by atoms with Crippen molar-refractivity contribution in [1.82, 2.24) is 0 Å². The van der Waals surface area contributed by atoms with Gasteiger partial charge in [-0.25, -0.2) is 0 Å². The van der Waals surface area contributed by atoms with E-state index in [0.29, 0.717) is 12.6 Å².